The zero-order valence-corrected chi connectivity index (χ0v) is 32.5. The van der Waals surface area contributed by atoms with E-state index in [-0.39, 0.29) is 0 Å². The molecule has 11 aromatic rings. The van der Waals surface area contributed by atoms with Gasteiger partial charge in [-0.2, -0.15) is 0 Å². The van der Waals surface area contributed by atoms with Gasteiger partial charge in [0.05, 0.1) is 5.69 Å². The van der Waals surface area contributed by atoms with Crippen LogP contribution in [0.3, 0.4) is 0 Å². The lowest BCUT2D eigenvalue weighted by atomic mass is 9.91. The summed E-state index contributed by atoms with van der Waals surface area (Å²) in [6.07, 6.45) is 0. The van der Waals surface area contributed by atoms with Crippen LogP contribution in [0.25, 0.3) is 87.6 Å². The first-order valence-corrected chi connectivity index (χ1v) is 20.3. The predicted octanol–water partition coefficient (Wildman–Crippen LogP) is 16.4. The molecule has 0 unspecified atom stereocenters. The SMILES string of the molecule is c1ccc(-c2ccc(N(c3ccc(-c4cc5ccccc5c5ccccc45)cc3)c3ccc(-c4cc5ccccc5c5ccccc45)cc3-c3ccccc3)cc2)cc1. The summed E-state index contributed by atoms with van der Waals surface area (Å²) in [5.74, 6) is 0. The van der Waals surface area contributed by atoms with Gasteiger partial charge in [-0.15, -0.1) is 0 Å². The summed E-state index contributed by atoms with van der Waals surface area (Å²) >= 11 is 0. The molecular formula is C58H39N. The van der Waals surface area contributed by atoms with Gasteiger partial charge in [-0.3, -0.25) is 0 Å². The molecule has 0 aliphatic heterocycles. The van der Waals surface area contributed by atoms with E-state index in [1.807, 2.05) is 0 Å². The average Bonchev–Trinajstić information content (AvgIpc) is 3.32. The summed E-state index contributed by atoms with van der Waals surface area (Å²) in [7, 11) is 0. The summed E-state index contributed by atoms with van der Waals surface area (Å²) in [6.45, 7) is 0. The number of hydrogen-bond acceptors (Lipinski definition) is 1. The zero-order valence-electron chi connectivity index (χ0n) is 32.5. The Morgan fingerprint density at radius 3 is 1.14 bits per heavy atom. The van der Waals surface area contributed by atoms with Crippen molar-refractivity contribution >= 4 is 60.2 Å². The number of nitrogens with zero attached hydrogens (tertiary/aromatic N) is 1. The molecule has 0 aliphatic carbocycles. The van der Waals surface area contributed by atoms with Gasteiger partial charge in [-0.25, -0.2) is 0 Å². The Labute approximate surface area is 344 Å². The van der Waals surface area contributed by atoms with Crippen molar-refractivity contribution in [2.75, 3.05) is 4.90 Å². The molecule has 1 heteroatoms. The zero-order chi connectivity index (χ0) is 39.1. The monoisotopic (exact) mass is 749 g/mol. The molecule has 11 rings (SSSR count). The van der Waals surface area contributed by atoms with E-state index in [0.29, 0.717) is 0 Å². The van der Waals surface area contributed by atoms with E-state index in [1.54, 1.807) is 0 Å². The predicted molar refractivity (Wildman–Crippen MR) is 253 cm³/mol. The molecule has 0 N–H and O–H groups in total. The van der Waals surface area contributed by atoms with Crippen molar-refractivity contribution in [3.05, 3.63) is 237 Å². The Morgan fingerprint density at radius 2 is 0.593 bits per heavy atom. The Bertz CT molecular complexity index is 3290. The molecule has 0 saturated heterocycles. The van der Waals surface area contributed by atoms with E-state index in [4.69, 9.17) is 0 Å². The topological polar surface area (TPSA) is 3.24 Å². The van der Waals surface area contributed by atoms with Crippen LogP contribution in [0.5, 0.6) is 0 Å². The first-order chi connectivity index (χ1) is 29.3. The molecule has 0 amide bonds. The molecule has 0 heterocycles. The number of rotatable bonds is 7. The van der Waals surface area contributed by atoms with Crippen molar-refractivity contribution in [1.82, 2.24) is 0 Å². The third-order valence-electron chi connectivity index (χ3n) is 11.8. The van der Waals surface area contributed by atoms with E-state index in [2.05, 4.69) is 241 Å². The number of anilines is 3. The van der Waals surface area contributed by atoms with Gasteiger partial charge in [0, 0.05) is 16.9 Å². The fraction of sp³-hybridized carbons (Fsp3) is 0. The smallest absolute Gasteiger partial charge is 0.0540 e. The second-order valence-corrected chi connectivity index (χ2v) is 15.3. The van der Waals surface area contributed by atoms with Crippen LogP contribution in [0, 0.1) is 0 Å². The quantitative estimate of drug-likeness (QED) is 0.147. The van der Waals surface area contributed by atoms with E-state index in [9.17, 15) is 0 Å². The van der Waals surface area contributed by atoms with Gasteiger partial charge >= 0.3 is 0 Å². The second-order valence-electron chi connectivity index (χ2n) is 15.3. The van der Waals surface area contributed by atoms with Gasteiger partial charge in [-0.05, 0) is 131 Å². The van der Waals surface area contributed by atoms with Crippen molar-refractivity contribution in [1.29, 1.82) is 0 Å². The highest BCUT2D eigenvalue weighted by Crippen LogP contribution is 2.45. The highest BCUT2D eigenvalue weighted by Gasteiger charge is 2.20. The minimum absolute atomic E-state index is 1.09. The fourth-order valence-electron chi connectivity index (χ4n) is 8.98. The van der Waals surface area contributed by atoms with Gasteiger partial charge < -0.3 is 4.90 Å². The third-order valence-corrected chi connectivity index (χ3v) is 11.8. The van der Waals surface area contributed by atoms with E-state index in [0.717, 1.165) is 22.6 Å². The van der Waals surface area contributed by atoms with Crippen molar-refractivity contribution in [3.63, 3.8) is 0 Å². The minimum Gasteiger partial charge on any atom is -0.310 e. The molecule has 0 atom stereocenters. The Morgan fingerprint density at radius 1 is 0.220 bits per heavy atom. The molecule has 0 bridgehead atoms. The number of benzene rings is 11. The Hall–Kier alpha value is -7.74. The summed E-state index contributed by atoms with van der Waals surface area (Å²) < 4.78 is 0. The number of fused-ring (bicyclic) bond motifs is 6. The van der Waals surface area contributed by atoms with Crippen LogP contribution in [-0.4, -0.2) is 0 Å². The van der Waals surface area contributed by atoms with Crippen LogP contribution in [0.1, 0.15) is 0 Å². The maximum Gasteiger partial charge on any atom is 0.0540 e. The van der Waals surface area contributed by atoms with Crippen LogP contribution in [0.4, 0.5) is 17.1 Å². The standard InChI is InChI=1S/C58H39N/c1-3-15-40(16-4-1)41-27-32-47(33-28-41)59(48-34-29-43(30-35-48)55-37-44-19-7-9-21-49(44)51-23-11-13-25-53(51)55)58-36-31-46(39-57(58)42-17-5-2-6-18-42)56-38-45-20-8-10-22-50(45)52-24-12-14-26-54(52)56/h1-39H. The molecule has 0 radical (unpaired) electrons. The van der Waals surface area contributed by atoms with Gasteiger partial charge in [0.1, 0.15) is 0 Å². The van der Waals surface area contributed by atoms with Crippen molar-refractivity contribution in [2.45, 2.75) is 0 Å². The van der Waals surface area contributed by atoms with Gasteiger partial charge in [0.2, 0.25) is 0 Å². The molecule has 11 aromatic carbocycles. The van der Waals surface area contributed by atoms with Gasteiger partial charge in [-0.1, -0.05) is 188 Å². The minimum atomic E-state index is 1.09. The van der Waals surface area contributed by atoms with E-state index in [1.165, 1.54) is 82.0 Å². The molecule has 276 valence electrons. The molecule has 0 aliphatic rings. The number of hydrogen-bond donors (Lipinski definition) is 0. The van der Waals surface area contributed by atoms with Crippen molar-refractivity contribution < 1.29 is 0 Å². The first-order valence-electron chi connectivity index (χ1n) is 20.3. The molecule has 59 heavy (non-hydrogen) atoms. The lowest BCUT2D eigenvalue weighted by Gasteiger charge is -2.29. The second kappa shape index (κ2) is 14.6. The normalized spacial score (nSPS) is 11.4. The lowest BCUT2D eigenvalue weighted by Crippen LogP contribution is -2.11. The van der Waals surface area contributed by atoms with Crippen molar-refractivity contribution in [3.8, 4) is 44.5 Å². The summed E-state index contributed by atoms with van der Waals surface area (Å²) in [5.41, 5.74) is 12.9. The van der Waals surface area contributed by atoms with Crippen LogP contribution in [0.2, 0.25) is 0 Å². The van der Waals surface area contributed by atoms with E-state index < -0.39 is 0 Å². The Balaban J connectivity index is 1.10. The molecule has 0 fully saturated rings. The molecule has 0 spiro atoms. The van der Waals surface area contributed by atoms with Crippen LogP contribution >= 0.6 is 0 Å². The maximum atomic E-state index is 2.42. The molecule has 0 saturated carbocycles. The highest BCUT2D eigenvalue weighted by molar-refractivity contribution is 6.15. The summed E-state index contributed by atoms with van der Waals surface area (Å²) in [6, 6.07) is 86.3. The van der Waals surface area contributed by atoms with Crippen LogP contribution in [-0.2, 0) is 0 Å². The largest absolute Gasteiger partial charge is 0.310 e. The Kier molecular flexibility index (Phi) is 8.56. The van der Waals surface area contributed by atoms with Crippen LogP contribution in [0.15, 0.2) is 237 Å². The molecule has 0 aromatic heterocycles. The average molecular weight is 750 g/mol. The fourth-order valence-corrected chi connectivity index (χ4v) is 8.98. The van der Waals surface area contributed by atoms with Crippen LogP contribution < -0.4 is 4.90 Å². The van der Waals surface area contributed by atoms with Gasteiger partial charge in [0.25, 0.3) is 0 Å². The van der Waals surface area contributed by atoms with Crippen molar-refractivity contribution in [2.24, 2.45) is 0 Å². The first kappa shape index (κ1) is 34.5. The summed E-state index contributed by atoms with van der Waals surface area (Å²) in [5, 5.41) is 10.1. The lowest BCUT2D eigenvalue weighted by molar-refractivity contribution is 1.28. The molecule has 1 nitrogen and oxygen atoms in total. The van der Waals surface area contributed by atoms with E-state index >= 15 is 0 Å². The summed E-state index contributed by atoms with van der Waals surface area (Å²) in [4.78, 5) is 2.42. The van der Waals surface area contributed by atoms with Gasteiger partial charge in [0.15, 0.2) is 0 Å². The third kappa shape index (κ3) is 6.21. The highest BCUT2D eigenvalue weighted by atomic mass is 15.1. The molecular weight excluding hydrogens is 711 g/mol. The maximum absolute atomic E-state index is 2.42.